The van der Waals surface area contributed by atoms with Crippen LogP contribution < -0.4 is 5.73 Å². The molecule has 0 amide bonds. The summed E-state index contributed by atoms with van der Waals surface area (Å²) in [5.74, 6) is 0. The number of nitrogens with two attached hydrogens (primary N) is 1. The van der Waals surface area contributed by atoms with Crippen LogP contribution in [-0.2, 0) is 5.67 Å². The van der Waals surface area contributed by atoms with Gasteiger partial charge in [0.15, 0.2) is 0 Å². The lowest BCUT2D eigenvalue weighted by atomic mass is 9.90. The molecule has 0 aliphatic rings. The van der Waals surface area contributed by atoms with E-state index in [1.807, 2.05) is 32.9 Å². The lowest BCUT2D eigenvalue weighted by molar-refractivity contribution is 0.202. The highest BCUT2D eigenvalue weighted by Crippen LogP contribution is 2.29. The van der Waals surface area contributed by atoms with Crippen LogP contribution in [0.1, 0.15) is 29.2 Å². The number of alkyl halides is 1. The maximum Gasteiger partial charge on any atom is 0.145 e. The van der Waals surface area contributed by atoms with Crippen molar-refractivity contribution in [3.8, 4) is 0 Å². The zero-order chi connectivity index (χ0) is 10.9. The minimum absolute atomic E-state index is 0.0241. The van der Waals surface area contributed by atoms with Gasteiger partial charge >= 0.3 is 0 Å². The van der Waals surface area contributed by atoms with Gasteiger partial charge in [0.2, 0.25) is 0 Å². The van der Waals surface area contributed by atoms with Crippen LogP contribution in [0.4, 0.5) is 4.39 Å². The quantitative estimate of drug-likeness (QED) is 0.771. The van der Waals surface area contributed by atoms with Crippen LogP contribution in [0, 0.1) is 20.8 Å². The summed E-state index contributed by atoms with van der Waals surface area (Å²) < 4.78 is 14.0. The standard InChI is InChI=1S/C12H18FN/c1-8-5-10(3)11(6-9(8)2)12(4,13)7-14/h5-6H,7,14H2,1-4H3. The molecule has 1 rings (SSSR count). The summed E-state index contributed by atoms with van der Waals surface area (Å²) in [7, 11) is 0. The molecule has 1 aromatic carbocycles. The Morgan fingerprint density at radius 1 is 1.14 bits per heavy atom. The fourth-order valence-electron chi connectivity index (χ4n) is 1.63. The molecule has 2 heteroatoms. The minimum Gasteiger partial charge on any atom is -0.327 e. The maximum absolute atomic E-state index is 14.0. The molecule has 0 saturated heterocycles. The third kappa shape index (κ3) is 1.95. The second-order valence-electron chi connectivity index (χ2n) is 4.15. The molecule has 0 saturated carbocycles. The van der Waals surface area contributed by atoms with E-state index in [0.29, 0.717) is 5.56 Å². The molecule has 0 bridgehead atoms. The zero-order valence-corrected chi connectivity index (χ0v) is 9.32. The summed E-state index contributed by atoms with van der Waals surface area (Å²) in [5, 5.41) is 0. The van der Waals surface area contributed by atoms with Gasteiger partial charge in [-0.1, -0.05) is 12.1 Å². The number of rotatable bonds is 2. The van der Waals surface area contributed by atoms with Crippen molar-refractivity contribution in [3.63, 3.8) is 0 Å². The van der Waals surface area contributed by atoms with E-state index in [-0.39, 0.29) is 6.54 Å². The Morgan fingerprint density at radius 3 is 2.14 bits per heavy atom. The first-order valence-corrected chi connectivity index (χ1v) is 4.86. The van der Waals surface area contributed by atoms with Gasteiger partial charge in [-0.05, 0) is 49.9 Å². The van der Waals surface area contributed by atoms with Gasteiger partial charge in [-0.3, -0.25) is 0 Å². The lowest BCUT2D eigenvalue weighted by Gasteiger charge is -2.22. The maximum atomic E-state index is 14.0. The monoisotopic (exact) mass is 195 g/mol. The normalized spacial score (nSPS) is 15.3. The van der Waals surface area contributed by atoms with E-state index in [4.69, 9.17) is 5.73 Å². The highest BCUT2D eigenvalue weighted by atomic mass is 19.1. The van der Waals surface area contributed by atoms with Crippen LogP contribution in [0.15, 0.2) is 12.1 Å². The molecule has 2 N–H and O–H groups in total. The topological polar surface area (TPSA) is 26.0 Å². The molecule has 1 aromatic rings. The van der Waals surface area contributed by atoms with Gasteiger partial charge in [0.05, 0.1) is 0 Å². The van der Waals surface area contributed by atoms with E-state index < -0.39 is 5.67 Å². The molecule has 1 nitrogen and oxygen atoms in total. The van der Waals surface area contributed by atoms with Crippen molar-refractivity contribution in [3.05, 3.63) is 34.4 Å². The number of hydrogen-bond donors (Lipinski definition) is 1. The SMILES string of the molecule is Cc1cc(C)c(C(C)(F)CN)cc1C. The number of aryl methyl sites for hydroxylation is 3. The van der Waals surface area contributed by atoms with Gasteiger partial charge in [-0.2, -0.15) is 0 Å². The van der Waals surface area contributed by atoms with Crippen LogP contribution in [0.25, 0.3) is 0 Å². The molecular weight excluding hydrogens is 177 g/mol. The Hall–Kier alpha value is -0.890. The molecular formula is C12H18FN. The smallest absolute Gasteiger partial charge is 0.145 e. The van der Waals surface area contributed by atoms with Crippen molar-refractivity contribution in [2.45, 2.75) is 33.4 Å². The number of hydrogen-bond acceptors (Lipinski definition) is 1. The Labute approximate surface area is 85.1 Å². The van der Waals surface area contributed by atoms with E-state index >= 15 is 0 Å². The number of benzene rings is 1. The van der Waals surface area contributed by atoms with Crippen LogP contribution in [0.5, 0.6) is 0 Å². The highest BCUT2D eigenvalue weighted by Gasteiger charge is 2.25. The molecule has 0 aromatic heterocycles. The fourth-order valence-corrected chi connectivity index (χ4v) is 1.63. The predicted molar refractivity (Wildman–Crippen MR) is 58.2 cm³/mol. The van der Waals surface area contributed by atoms with E-state index in [0.717, 1.165) is 11.1 Å². The van der Waals surface area contributed by atoms with Gasteiger partial charge in [-0.15, -0.1) is 0 Å². The molecule has 0 spiro atoms. The molecule has 0 aliphatic carbocycles. The summed E-state index contributed by atoms with van der Waals surface area (Å²) in [6, 6.07) is 3.91. The summed E-state index contributed by atoms with van der Waals surface area (Å²) in [4.78, 5) is 0. The molecule has 0 fully saturated rings. The van der Waals surface area contributed by atoms with Gasteiger partial charge < -0.3 is 5.73 Å². The first-order chi connectivity index (χ1) is 6.38. The molecule has 1 unspecified atom stereocenters. The molecule has 0 aliphatic heterocycles. The molecule has 1 atom stereocenters. The van der Waals surface area contributed by atoms with Gasteiger partial charge in [-0.25, -0.2) is 4.39 Å². The third-order valence-corrected chi connectivity index (χ3v) is 2.79. The zero-order valence-electron chi connectivity index (χ0n) is 9.32. The molecule has 0 heterocycles. The lowest BCUT2D eigenvalue weighted by Crippen LogP contribution is -2.27. The predicted octanol–water partition coefficient (Wildman–Crippen LogP) is 2.76. The van der Waals surface area contributed by atoms with Crippen molar-refractivity contribution in [2.75, 3.05) is 6.54 Å². The summed E-state index contributed by atoms with van der Waals surface area (Å²) in [6.07, 6.45) is 0. The first-order valence-electron chi connectivity index (χ1n) is 4.86. The molecule has 78 valence electrons. The summed E-state index contributed by atoms with van der Waals surface area (Å²) in [5.41, 5.74) is 8.00. The van der Waals surface area contributed by atoms with Gasteiger partial charge in [0.1, 0.15) is 5.67 Å². The van der Waals surface area contributed by atoms with Crippen molar-refractivity contribution in [2.24, 2.45) is 5.73 Å². The second-order valence-corrected chi connectivity index (χ2v) is 4.15. The Bertz CT molecular complexity index is 342. The highest BCUT2D eigenvalue weighted by molar-refractivity contribution is 5.39. The van der Waals surface area contributed by atoms with Gasteiger partial charge in [0, 0.05) is 6.54 Å². The van der Waals surface area contributed by atoms with E-state index in [2.05, 4.69) is 0 Å². The Balaban J connectivity index is 3.29. The van der Waals surface area contributed by atoms with Crippen molar-refractivity contribution in [1.82, 2.24) is 0 Å². The van der Waals surface area contributed by atoms with Crippen LogP contribution in [-0.4, -0.2) is 6.54 Å². The Morgan fingerprint density at radius 2 is 1.64 bits per heavy atom. The van der Waals surface area contributed by atoms with Crippen LogP contribution in [0.2, 0.25) is 0 Å². The molecule has 14 heavy (non-hydrogen) atoms. The van der Waals surface area contributed by atoms with Gasteiger partial charge in [0.25, 0.3) is 0 Å². The van der Waals surface area contributed by atoms with E-state index in [1.165, 1.54) is 12.5 Å². The van der Waals surface area contributed by atoms with E-state index in [1.54, 1.807) is 0 Å². The average molecular weight is 195 g/mol. The van der Waals surface area contributed by atoms with E-state index in [9.17, 15) is 4.39 Å². The van der Waals surface area contributed by atoms with Crippen molar-refractivity contribution < 1.29 is 4.39 Å². The second kappa shape index (κ2) is 3.70. The van der Waals surface area contributed by atoms with Crippen molar-refractivity contribution >= 4 is 0 Å². The average Bonchev–Trinajstić information content (AvgIpc) is 2.11. The Kier molecular flexibility index (Phi) is 2.95. The van der Waals surface area contributed by atoms with Crippen molar-refractivity contribution in [1.29, 1.82) is 0 Å². The summed E-state index contributed by atoms with van der Waals surface area (Å²) in [6.45, 7) is 7.50. The number of halogens is 1. The minimum atomic E-state index is -1.41. The van der Waals surface area contributed by atoms with Crippen LogP contribution >= 0.6 is 0 Å². The third-order valence-electron chi connectivity index (χ3n) is 2.79. The van der Waals surface area contributed by atoms with Crippen LogP contribution in [0.3, 0.4) is 0 Å². The fraction of sp³-hybridized carbons (Fsp3) is 0.500. The largest absolute Gasteiger partial charge is 0.327 e. The molecule has 0 radical (unpaired) electrons. The summed E-state index contributed by atoms with van der Waals surface area (Å²) >= 11 is 0. The first kappa shape index (κ1) is 11.2.